The number of aryl methyl sites for hydroxylation is 2. The summed E-state index contributed by atoms with van der Waals surface area (Å²) in [7, 11) is 0. The van der Waals surface area contributed by atoms with Crippen molar-refractivity contribution >= 4 is 11.3 Å². The maximum atomic E-state index is 6.06. The Morgan fingerprint density at radius 1 is 1.18 bits per heavy atom. The van der Waals surface area contributed by atoms with Gasteiger partial charge in [0.25, 0.3) is 0 Å². The van der Waals surface area contributed by atoms with Crippen LogP contribution in [0, 0.1) is 13.8 Å². The molecular formula is C15H19NS. The molecule has 17 heavy (non-hydrogen) atoms. The van der Waals surface area contributed by atoms with E-state index in [0.717, 1.165) is 6.42 Å². The Labute approximate surface area is 107 Å². The molecule has 0 radical (unpaired) electrons. The predicted molar refractivity (Wildman–Crippen MR) is 76.4 cm³/mol. The third kappa shape index (κ3) is 2.59. The van der Waals surface area contributed by atoms with E-state index in [1.165, 1.54) is 26.4 Å². The van der Waals surface area contributed by atoms with Crippen molar-refractivity contribution in [2.75, 3.05) is 0 Å². The van der Waals surface area contributed by atoms with E-state index in [1.54, 1.807) is 0 Å². The van der Waals surface area contributed by atoms with Crippen LogP contribution in [-0.2, 0) is 0 Å². The normalized spacial score (nSPS) is 12.7. The Morgan fingerprint density at radius 2 is 1.94 bits per heavy atom. The zero-order valence-electron chi connectivity index (χ0n) is 10.7. The highest BCUT2D eigenvalue weighted by atomic mass is 32.1. The molecule has 0 aliphatic carbocycles. The fraction of sp³-hybridized carbons (Fsp3) is 0.333. The van der Waals surface area contributed by atoms with Gasteiger partial charge in [-0.05, 0) is 43.5 Å². The summed E-state index contributed by atoms with van der Waals surface area (Å²) in [6.45, 7) is 6.42. The van der Waals surface area contributed by atoms with E-state index < -0.39 is 0 Å². The lowest BCUT2D eigenvalue weighted by Gasteiger charge is -2.06. The summed E-state index contributed by atoms with van der Waals surface area (Å²) < 4.78 is 0. The Kier molecular flexibility index (Phi) is 3.65. The smallest absolute Gasteiger partial charge is 0.0387 e. The number of hydrogen-bond donors (Lipinski definition) is 1. The largest absolute Gasteiger partial charge is 0.323 e. The van der Waals surface area contributed by atoms with Crippen LogP contribution in [0.15, 0.2) is 30.3 Å². The van der Waals surface area contributed by atoms with Gasteiger partial charge in [0.1, 0.15) is 0 Å². The first-order valence-corrected chi connectivity index (χ1v) is 6.86. The molecule has 2 rings (SSSR count). The molecule has 1 heterocycles. The molecule has 0 aliphatic rings. The monoisotopic (exact) mass is 245 g/mol. The summed E-state index contributed by atoms with van der Waals surface area (Å²) >= 11 is 1.81. The molecule has 2 aromatic rings. The summed E-state index contributed by atoms with van der Waals surface area (Å²) in [4.78, 5) is 2.60. The maximum absolute atomic E-state index is 6.06. The van der Waals surface area contributed by atoms with Crippen LogP contribution in [0.5, 0.6) is 0 Å². The molecule has 2 heteroatoms. The average molecular weight is 245 g/mol. The van der Waals surface area contributed by atoms with Crippen LogP contribution in [-0.4, -0.2) is 0 Å². The second-order valence-electron chi connectivity index (χ2n) is 4.54. The second-order valence-corrected chi connectivity index (χ2v) is 5.65. The van der Waals surface area contributed by atoms with E-state index in [-0.39, 0.29) is 6.04 Å². The highest BCUT2D eigenvalue weighted by Crippen LogP contribution is 2.33. The number of thiophene rings is 1. The predicted octanol–water partition coefficient (Wildman–Crippen LogP) is 4.44. The Balaban J connectivity index is 2.37. The summed E-state index contributed by atoms with van der Waals surface area (Å²) in [6.07, 6.45) is 0.993. The Hall–Kier alpha value is -1.12. The topological polar surface area (TPSA) is 26.0 Å². The zero-order chi connectivity index (χ0) is 12.4. The van der Waals surface area contributed by atoms with Crippen molar-refractivity contribution in [1.82, 2.24) is 0 Å². The van der Waals surface area contributed by atoms with Crippen LogP contribution in [0.4, 0.5) is 0 Å². The lowest BCUT2D eigenvalue weighted by Crippen LogP contribution is -2.05. The van der Waals surface area contributed by atoms with E-state index in [4.69, 9.17) is 5.73 Å². The summed E-state index contributed by atoms with van der Waals surface area (Å²) in [5.41, 5.74) is 10.0. The van der Waals surface area contributed by atoms with Crippen molar-refractivity contribution in [2.45, 2.75) is 33.2 Å². The van der Waals surface area contributed by atoms with Crippen molar-refractivity contribution in [3.8, 4) is 10.4 Å². The zero-order valence-corrected chi connectivity index (χ0v) is 11.5. The molecule has 1 nitrogen and oxygen atoms in total. The summed E-state index contributed by atoms with van der Waals surface area (Å²) in [5.74, 6) is 0. The Morgan fingerprint density at radius 3 is 2.59 bits per heavy atom. The van der Waals surface area contributed by atoms with Crippen molar-refractivity contribution in [2.24, 2.45) is 5.73 Å². The van der Waals surface area contributed by atoms with Crippen molar-refractivity contribution in [3.05, 3.63) is 46.3 Å². The molecule has 0 bridgehead atoms. The van der Waals surface area contributed by atoms with Gasteiger partial charge in [0.15, 0.2) is 0 Å². The lowest BCUT2D eigenvalue weighted by molar-refractivity contribution is 0.712. The number of hydrogen-bond acceptors (Lipinski definition) is 2. The lowest BCUT2D eigenvalue weighted by atomic mass is 10.0. The van der Waals surface area contributed by atoms with Crippen LogP contribution in [0.25, 0.3) is 10.4 Å². The highest BCUT2D eigenvalue weighted by Gasteiger charge is 2.09. The van der Waals surface area contributed by atoms with Gasteiger partial charge in [0, 0.05) is 15.8 Å². The molecule has 90 valence electrons. The standard InChI is InChI=1S/C15H19NS/c1-4-13(16)15-8-7-14(17-15)12-6-5-10(2)9-11(12)3/h5-9,13H,4,16H2,1-3H3. The molecule has 1 atom stereocenters. The molecule has 0 saturated heterocycles. The molecule has 1 aromatic heterocycles. The molecule has 1 aromatic carbocycles. The number of rotatable bonds is 3. The van der Waals surface area contributed by atoms with Crippen molar-refractivity contribution in [3.63, 3.8) is 0 Å². The van der Waals surface area contributed by atoms with Gasteiger partial charge in [-0.3, -0.25) is 0 Å². The van der Waals surface area contributed by atoms with E-state index in [0.29, 0.717) is 0 Å². The first-order chi connectivity index (χ1) is 8.11. The third-order valence-electron chi connectivity index (χ3n) is 3.08. The molecule has 1 unspecified atom stereocenters. The van der Waals surface area contributed by atoms with E-state index >= 15 is 0 Å². The number of nitrogens with two attached hydrogens (primary N) is 1. The van der Waals surface area contributed by atoms with Gasteiger partial charge in [-0.2, -0.15) is 0 Å². The molecule has 0 amide bonds. The van der Waals surface area contributed by atoms with Gasteiger partial charge < -0.3 is 5.73 Å². The molecule has 0 aliphatic heterocycles. The fourth-order valence-electron chi connectivity index (χ4n) is 1.99. The first kappa shape index (κ1) is 12.3. The minimum Gasteiger partial charge on any atom is -0.323 e. The minimum atomic E-state index is 0.180. The quantitative estimate of drug-likeness (QED) is 0.850. The van der Waals surface area contributed by atoms with Gasteiger partial charge >= 0.3 is 0 Å². The van der Waals surface area contributed by atoms with Gasteiger partial charge in [-0.25, -0.2) is 0 Å². The van der Waals surface area contributed by atoms with E-state index in [9.17, 15) is 0 Å². The average Bonchev–Trinajstić information content (AvgIpc) is 2.77. The van der Waals surface area contributed by atoms with Crippen molar-refractivity contribution < 1.29 is 0 Å². The van der Waals surface area contributed by atoms with Gasteiger partial charge in [-0.15, -0.1) is 11.3 Å². The van der Waals surface area contributed by atoms with Gasteiger partial charge in [0.05, 0.1) is 0 Å². The SMILES string of the molecule is CCC(N)c1ccc(-c2ccc(C)cc2C)s1. The molecule has 0 fully saturated rings. The Bertz CT molecular complexity index is 513. The van der Waals surface area contributed by atoms with Gasteiger partial charge in [-0.1, -0.05) is 30.7 Å². The third-order valence-corrected chi connectivity index (χ3v) is 4.33. The van der Waals surface area contributed by atoms with E-state index in [1.807, 2.05) is 11.3 Å². The highest BCUT2D eigenvalue weighted by molar-refractivity contribution is 7.15. The van der Waals surface area contributed by atoms with Gasteiger partial charge in [0.2, 0.25) is 0 Å². The van der Waals surface area contributed by atoms with Crippen molar-refractivity contribution in [1.29, 1.82) is 0 Å². The second kappa shape index (κ2) is 5.03. The number of benzene rings is 1. The van der Waals surface area contributed by atoms with Crippen LogP contribution < -0.4 is 5.73 Å². The fourth-order valence-corrected chi connectivity index (χ4v) is 3.17. The summed E-state index contributed by atoms with van der Waals surface area (Å²) in [6, 6.07) is 11.1. The molecule has 0 saturated carbocycles. The van der Waals surface area contributed by atoms with Crippen LogP contribution in [0.2, 0.25) is 0 Å². The van der Waals surface area contributed by atoms with Crippen LogP contribution >= 0.6 is 11.3 Å². The minimum absolute atomic E-state index is 0.180. The summed E-state index contributed by atoms with van der Waals surface area (Å²) in [5, 5.41) is 0. The van der Waals surface area contributed by atoms with Crippen LogP contribution in [0.3, 0.4) is 0 Å². The maximum Gasteiger partial charge on any atom is 0.0387 e. The van der Waals surface area contributed by atoms with E-state index in [2.05, 4.69) is 51.1 Å². The first-order valence-electron chi connectivity index (χ1n) is 6.04. The molecule has 0 spiro atoms. The molecule has 2 N–H and O–H groups in total. The van der Waals surface area contributed by atoms with Crippen LogP contribution in [0.1, 0.15) is 35.4 Å². The molecular weight excluding hydrogens is 226 g/mol.